The summed E-state index contributed by atoms with van der Waals surface area (Å²) in [4.78, 5) is 0. The van der Waals surface area contributed by atoms with Gasteiger partial charge in [0.25, 0.3) is 0 Å². The summed E-state index contributed by atoms with van der Waals surface area (Å²) in [6.45, 7) is 6.39. The second-order valence-corrected chi connectivity index (χ2v) is 4.90. The molecule has 0 saturated heterocycles. The Hall–Kier alpha value is -0.900. The van der Waals surface area contributed by atoms with Gasteiger partial charge in [0.1, 0.15) is 0 Å². The number of nitrogens with one attached hydrogen (secondary N) is 1. The molecule has 1 aliphatic rings. The van der Waals surface area contributed by atoms with E-state index in [1.807, 2.05) is 4.68 Å². The maximum absolute atomic E-state index is 4.19. The van der Waals surface area contributed by atoms with Crippen LogP contribution < -0.4 is 5.32 Å². The van der Waals surface area contributed by atoms with Crippen LogP contribution in [0.15, 0.2) is 6.20 Å². The number of hydrogen-bond donors (Lipinski definition) is 1. The smallest absolute Gasteiger partial charge is 0.0964 e. The van der Waals surface area contributed by atoms with Crippen molar-refractivity contribution in [3.63, 3.8) is 0 Å². The van der Waals surface area contributed by atoms with Crippen molar-refractivity contribution in [2.75, 3.05) is 6.54 Å². The molecule has 1 aromatic heterocycles. The molecule has 2 rings (SSSR count). The Morgan fingerprint density at radius 1 is 1.56 bits per heavy atom. The van der Waals surface area contributed by atoms with E-state index in [-0.39, 0.29) is 0 Å². The molecule has 4 heteroatoms. The van der Waals surface area contributed by atoms with Gasteiger partial charge in [-0.15, -0.1) is 5.10 Å². The van der Waals surface area contributed by atoms with Gasteiger partial charge in [-0.2, -0.15) is 0 Å². The van der Waals surface area contributed by atoms with Gasteiger partial charge in [-0.3, -0.25) is 0 Å². The Labute approximate surface area is 97.4 Å². The third kappa shape index (κ3) is 3.30. The molecular formula is C12H22N4. The third-order valence-electron chi connectivity index (χ3n) is 3.15. The van der Waals surface area contributed by atoms with Gasteiger partial charge in [0.15, 0.2) is 0 Å². The van der Waals surface area contributed by atoms with Gasteiger partial charge in [0.05, 0.1) is 17.9 Å². The first-order valence-electron chi connectivity index (χ1n) is 6.41. The molecule has 1 N–H and O–H groups in total. The second kappa shape index (κ2) is 5.43. The first kappa shape index (κ1) is 11.6. The molecule has 90 valence electrons. The van der Waals surface area contributed by atoms with E-state index in [0.29, 0.717) is 6.04 Å². The van der Waals surface area contributed by atoms with Gasteiger partial charge in [-0.05, 0) is 38.6 Å². The molecule has 1 atom stereocenters. The SMILES string of the molecule is CCCC(C)n1cc(CNCC2CC2)nn1. The zero-order valence-electron chi connectivity index (χ0n) is 10.3. The van der Waals surface area contributed by atoms with E-state index in [4.69, 9.17) is 0 Å². The van der Waals surface area contributed by atoms with Crippen molar-refractivity contribution >= 4 is 0 Å². The summed E-state index contributed by atoms with van der Waals surface area (Å²) in [5.74, 6) is 0.925. The highest BCUT2D eigenvalue weighted by Crippen LogP contribution is 2.27. The largest absolute Gasteiger partial charge is 0.311 e. The topological polar surface area (TPSA) is 42.7 Å². The molecule has 1 unspecified atom stereocenters. The molecule has 1 saturated carbocycles. The maximum atomic E-state index is 4.19. The van der Waals surface area contributed by atoms with Crippen LogP contribution in [0.4, 0.5) is 0 Å². The Morgan fingerprint density at radius 3 is 3.06 bits per heavy atom. The van der Waals surface area contributed by atoms with E-state index in [9.17, 15) is 0 Å². The molecule has 0 radical (unpaired) electrons. The summed E-state index contributed by atoms with van der Waals surface area (Å²) in [7, 11) is 0. The molecule has 0 spiro atoms. The van der Waals surface area contributed by atoms with Crippen LogP contribution in [0.5, 0.6) is 0 Å². The van der Waals surface area contributed by atoms with Crippen molar-refractivity contribution in [1.82, 2.24) is 20.3 Å². The lowest BCUT2D eigenvalue weighted by Gasteiger charge is -2.08. The van der Waals surface area contributed by atoms with Crippen molar-refractivity contribution < 1.29 is 0 Å². The second-order valence-electron chi connectivity index (χ2n) is 4.90. The molecular weight excluding hydrogens is 200 g/mol. The zero-order valence-corrected chi connectivity index (χ0v) is 10.3. The fourth-order valence-corrected chi connectivity index (χ4v) is 1.89. The molecule has 0 amide bonds. The Morgan fingerprint density at radius 2 is 2.38 bits per heavy atom. The summed E-state index contributed by atoms with van der Waals surface area (Å²) in [5.41, 5.74) is 1.06. The van der Waals surface area contributed by atoms with Crippen LogP contribution in [0.1, 0.15) is 51.3 Å². The van der Waals surface area contributed by atoms with E-state index in [0.717, 1.165) is 31.1 Å². The highest BCUT2D eigenvalue weighted by atomic mass is 15.4. The van der Waals surface area contributed by atoms with Crippen LogP contribution >= 0.6 is 0 Å². The fourth-order valence-electron chi connectivity index (χ4n) is 1.89. The van der Waals surface area contributed by atoms with Gasteiger partial charge < -0.3 is 5.32 Å². The van der Waals surface area contributed by atoms with Crippen molar-refractivity contribution in [3.05, 3.63) is 11.9 Å². The van der Waals surface area contributed by atoms with Crippen molar-refractivity contribution in [1.29, 1.82) is 0 Å². The van der Waals surface area contributed by atoms with Gasteiger partial charge in [-0.1, -0.05) is 18.6 Å². The summed E-state index contributed by atoms with van der Waals surface area (Å²) >= 11 is 0. The van der Waals surface area contributed by atoms with Gasteiger partial charge in [0, 0.05) is 6.54 Å². The normalized spacial score (nSPS) is 17.6. The van der Waals surface area contributed by atoms with E-state index in [1.54, 1.807) is 0 Å². The standard InChI is InChI=1S/C12H22N4/c1-3-4-10(2)16-9-12(14-15-16)8-13-7-11-5-6-11/h9-11,13H,3-8H2,1-2H3. The van der Waals surface area contributed by atoms with E-state index < -0.39 is 0 Å². The number of hydrogen-bond acceptors (Lipinski definition) is 3. The molecule has 16 heavy (non-hydrogen) atoms. The summed E-state index contributed by atoms with van der Waals surface area (Å²) in [6, 6.07) is 0.467. The Bertz CT molecular complexity index is 317. The molecule has 1 fully saturated rings. The van der Waals surface area contributed by atoms with E-state index in [2.05, 4.69) is 35.7 Å². The van der Waals surface area contributed by atoms with E-state index >= 15 is 0 Å². The molecule has 1 heterocycles. The fraction of sp³-hybridized carbons (Fsp3) is 0.833. The van der Waals surface area contributed by atoms with Gasteiger partial charge in [0.2, 0.25) is 0 Å². The van der Waals surface area contributed by atoms with Crippen LogP contribution in [0.2, 0.25) is 0 Å². The molecule has 0 aliphatic heterocycles. The zero-order chi connectivity index (χ0) is 11.4. The lowest BCUT2D eigenvalue weighted by atomic mass is 10.2. The highest BCUT2D eigenvalue weighted by Gasteiger charge is 2.20. The average Bonchev–Trinajstić information content (AvgIpc) is 2.95. The van der Waals surface area contributed by atoms with Crippen molar-refractivity contribution in [3.8, 4) is 0 Å². The van der Waals surface area contributed by atoms with Gasteiger partial charge in [-0.25, -0.2) is 4.68 Å². The summed E-state index contributed by atoms with van der Waals surface area (Å²) in [5, 5.41) is 11.8. The minimum atomic E-state index is 0.467. The molecule has 0 aromatic carbocycles. The number of rotatable bonds is 7. The van der Waals surface area contributed by atoms with Crippen LogP contribution in [0, 0.1) is 5.92 Å². The van der Waals surface area contributed by atoms with Crippen LogP contribution in [-0.4, -0.2) is 21.5 Å². The van der Waals surface area contributed by atoms with Crippen molar-refractivity contribution in [2.24, 2.45) is 5.92 Å². The lowest BCUT2D eigenvalue weighted by Crippen LogP contribution is -2.16. The molecule has 1 aromatic rings. The first-order valence-corrected chi connectivity index (χ1v) is 6.41. The Kier molecular flexibility index (Phi) is 3.93. The number of aromatic nitrogens is 3. The minimum absolute atomic E-state index is 0.467. The highest BCUT2D eigenvalue weighted by molar-refractivity contribution is 4.93. The van der Waals surface area contributed by atoms with Crippen LogP contribution in [-0.2, 0) is 6.54 Å². The third-order valence-corrected chi connectivity index (χ3v) is 3.15. The van der Waals surface area contributed by atoms with Crippen LogP contribution in [0.25, 0.3) is 0 Å². The number of nitrogens with zero attached hydrogens (tertiary/aromatic N) is 3. The summed E-state index contributed by atoms with van der Waals surface area (Å²) < 4.78 is 1.98. The van der Waals surface area contributed by atoms with E-state index in [1.165, 1.54) is 19.3 Å². The monoisotopic (exact) mass is 222 g/mol. The molecule has 4 nitrogen and oxygen atoms in total. The van der Waals surface area contributed by atoms with Crippen LogP contribution in [0.3, 0.4) is 0 Å². The predicted octanol–water partition coefficient (Wildman–Crippen LogP) is 2.14. The first-order chi connectivity index (χ1) is 7.79. The van der Waals surface area contributed by atoms with Gasteiger partial charge >= 0.3 is 0 Å². The average molecular weight is 222 g/mol. The maximum Gasteiger partial charge on any atom is 0.0964 e. The minimum Gasteiger partial charge on any atom is -0.311 e. The van der Waals surface area contributed by atoms with Crippen molar-refractivity contribution in [2.45, 2.75) is 52.1 Å². The molecule has 1 aliphatic carbocycles. The molecule has 0 bridgehead atoms. The quantitative estimate of drug-likeness (QED) is 0.768. The Balaban J connectivity index is 1.76. The predicted molar refractivity (Wildman–Crippen MR) is 64.1 cm³/mol. The summed E-state index contributed by atoms with van der Waals surface area (Å²) in [6.07, 6.45) is 7.22. The lowest BCUT2D eigenvalue weighted by molar-refractivity contribution is 0.443.